The van der Waals surface area contributed by atoms with E-state index in [1.807, 2.05) is 19.1 Å². The molecule has 0 atom stereocenters. The molecule has 0 saturated carbocycles. The van der Waals surface area contributed by atoms with E-state index in [0.29, 0.717) is 28.8 Å². The number of benzene rings is 2. The molecule has 0 bridgehead atoms. The topological polar surface area (TPSA) is 47.6 Å². The highest BCUT2D eigenvalue weighted by atomic mass is 35.5. The fourth-order valence-corrected chi connectivity index (χ4v) is 2.14. The van der Waals surface area contributed by atoms with Crippen LogP contribution in [-0.2, 0) is 11.2 Å². The number of hydrogen-bond acceptors (Lipinski definition) is 3. The zero-order valence-corrected chi connectivity index (χ0v) is 13.3. The number of halogens is 1. The zero-order chi connectivity index (χ0) is 15.9. The summed E-state index contributed by atoms with van der Waals surface area (Å²) in [6.07, 6.45) is 0.284. The Morgan fingerprint density at radius 2 is 1.86 bits per heavy atom. The van der Waals surface area contributed by atoms with Gasteiger partial charge in [-0.05, 0) is 36.8 Å². The van der Waals surface area contributed by atoms with E-state index < -0.39 is 0 Å². The summed E-state index contributed by atoms with van der Waals surface area (Å²) in [7, 11) is 1.57. The summed E-state index contributed by atoms with van der Waals surface area (Å²) in [6, 6.07) is 12.5. The van der Waals surface area contributed by atoms with E-state index in [4.69, 9.17) is 21.1 Å². The number of anilines is 1. The van der Waals surface area contributed by atoms with Crippen LogP contribution in [0, 0.1) is 0 Å². The number of ether oxygens (including phenoxy) is 2. The molecule has 22 heavy (non-hydrogen) atoms. The number of amides is 1. The molecule has 2 aromatic rings. The van der Waals surface area contributed by atoms with Crippen molar-refractivity contribution in [3.63, 3.8) is 0 Å². The van der Waals surface area contributed by atoms with Crippen molar-refractivity contribution in [2.24, 2.45) is 0 Å². The fourth-order valence-electron chi connectivity index (χ4n) is 2.01. The van der Waals surface area contributed by atoms with Crippen molar-refractivity contribution >= 4 is 23.2 Å². The summed E-state index contributed by atoms with van der Waals surface area (Å²) < 4.78 is 10.7. The lowest BCUT2D eigenvalue weighted by Gasteiger charge is -2.11. The van der Waals surface area contributed by atoms with E-state index in [0.717, 1.165) is 5.56 Å². The van der Waals surface area contributed by atoms with E-state index in [1.54, 1.807) is 37.4 Å². The summed E-state index contributed by atoms with van der Waals surface area (Å²) in [5.41, 5.74) is 1.57. The second-order valence-corrected chi connectivity index (χ2v) is 5.09. The van der Waals surface area contributed by atoms with Crippen LogP contribution in [0.3, 0.4) is 0 Å². The fraction of sp³-hybridized carbons (Fsp3) is 0.235. The lowest BCUT2D eigenvalue weighted by molar-refractivity contribution is -0.115. The molecule has 1 amide bonds. The molecule has 0 radical (unpaired) electrons. The Hall–Kier alpha value is -2.20. The minimum Gasteiger partial charge on any atom is -0.493 e. The van der Waals surface area contributed by atoms with Crippen LogP contribution < -0.4 is 14.8 Å². The monoisotopic (exact) mass is 319 g/mol. The Morgan fingerprint density at radius 3 is 2.50 bits per heavy atom. The van der Waals surface area contributed by atoms with Gasteiger partial charge < -0.3 is 14.8 Å². The Labute approximate surface area is 135 Å². The van der Waals surface area contributed by atoms with Gasteiger partial charge in [-0.3, -0.25) is 4.79 Å². The number of carbonyl (C=O) groups excluding carboxylic acids is 1. The first-order valence-electron chi connectivity index (χ1n) is 6.97. The highest BCUT2D eigenvalue weighted by Crippen LogP contribution is 2.30. The van der Waals surface area contributed by atoms with Gasteiger partial charge in [0.05, 0.1) is 20.1 Å². The first-order chi connectivity index (χ1) is 10.6. The molecule has 0 unspecified atom stereocenters. The van der Waals surface area contributed by atoms with Gasteiger partial charge >= 0.3 is 0 Å². The summed E-state index contributed by atoms with van der Waals surface area (Å²) in [5, 5.41) is 3.49. The summed E-state index contributed by atoms with van der Waals surface area (Å²) in [5.74, 6) is 1.14. The van der Waals surface area contributed by atoms with Crippen molar-refractivity contribution in [1.82, 2.24) is 0 Å². The number of nitrogens with one attached hydrogen (secondary N) is 1. The average Bonchev–Trinajstić information content (AvgIpc) is 2.51. The summed E-state index contributed by atoms with van der Waals surface area (Å²) in [6.45, 7) is 2.46. The van der Waals surface area contributed by atoms with Crippen LogP contribution in [0.25, 0.3) is 0 Å². The standard InChI is InChI=1S/C17H18ClNO3/c1-3-22-15-9-8-14(11-16(15)21-2)19-17(20)10-12-4-6-13(18)7-5-12/h4-9,11H,3,10H2,1-2H3,(H,19,20). The smallest absolute Gasteiger partial charge is 0.228 e. The highest BCUT2D eigenvalue weighted by molar-refractivity contribution is 6.30. The van der Waals surface area contributed by atoms with Gasteiger partial charge in [-0.2, -0.15) is 0 Å². The Morgan fingerprint density at radius 1 is 1.14 bits per heavy atom. The van der Waals surface area contributed by atoms with Crippen LogP contribution in [0.1, 0.15) is 12.5 Å². The van der Waals surface area contributed by atoms with E-state index in [9.17, 15) is 4.79 Å². The molecule has 0 aromatic heterocycles. The molecule has 2 rings (SSSR count). The quantitative estimate of drug-likeness (QED) is 0.877. The maximum absolute atomic E-state index is 12.1. The maximum Gasteiger partial charge on any atom is 0.228 e. The Balaban J connectivity index is 2.03. The van der Waals surface area contributed by atoms with Crippen molar-refractivity contribution in [3.8, 4) is 11.5 Å². The Bertz CT molecular complexity index is 641. The molecule has 0 fully saturated rings. The molecule has 0 aliphatic rings. The second-order valence-electron chi connectivity index (χ2n) is 4.65. The van der Waals surface area contributed by atoms with Crippen molar-refractivity contribution in [1.29, 1.82) is 0 Å². The first-order valence-corrected chi connectivity index (χ1v) is 7.35. The summed E-state index contributed by atoms with van der Waals surface area (Å²) in [4.78, 5) is 12.1. The van der Waals surface area contributed by atoms with Gasteiger partial charge in [-0.15, -0.1) is 0 Å². The largest absolute Gasteiger partial charge is 0.493 e. The molecular formula is C17H18ClNO3. The SMILES string of the molecule is CCOc1ccc(NC(=O)Cc2ccc(Cl)cc2)cc1OC. The van der Waals surface area contributed by atoms with Gasteiger partial charge in [0.1, 0.15) is 0 Å². The van der Waals surface area contributed by atoms with Crippen LogP contribution in [0.5, 0.6) is 11.5 Å². The van der Waals surface area contributed by atoms with Gasteiger partial charge in [-0.25, -0.2) is 0 Å². The van der Waals surface area contributed by atoms with Crippen LogP contribution in [-0.4, -0.2) is 19.6 Å². The third-order valence-electron chi connectivity index (χ3n) is 3.03. The molecule has 116 valence electrons. The lowest BCUT2D eigenvalue weighted by Crippen LogP contribution is -2.14. The van der Waals surface area contributed by atoms with E-state index >= 15 is 0 Å². The number of hydrogen-bond donors (Lipinski definition) is 1. The maximum atomic E-state index is 12.1. The molecule has 0 aliphatic carbocycles. The number of rotatable bonds is 6. The van der Waals surface area contributed by atoms with Gasteiger partial charge in [0, 0.05) is 16.8 Å². The predicted octanol–water partition coefficient (Wildman–Crippen LogP) is 3.93. The molecule has 1 N–H and O–H groups in total. The molecule has 2 aromatic carbocycles. The van der Waals surface area contributed by atoms with Crippen LogP contribution in [0.4, 0.5) is 5.69 Å². The van der Waals surface area contributed by atoms with E-state index in [-0.39, 0.29) is 12.3 Å². The lowest BCUT2D eigenvalue weighted by atomic mass is 10.1. The predicted molar refractivity (Wildman–Crippen MR) is 87.9 cm³/mol. The van der Waals surface area contributed by atoms with Gasteiger partial charge in [0.25, 0.3) is 0 Å². The number of carbonyl (C=O) groups is 1. The van der Waals surface area contributed by atoms with E-state index in [1.165, 1.54) is 0 Å². The number of methoxy groups -OCH3 is 1. The van der Waals surface area contributed by atoms with Crippen molar-refractivity contribution in [2.45, 2.75) is 13.3 Å². The van der Waals surface area contributed by atoms with Crippen LogP contribution in [0.15, 0.2) is 42.5 Å². The van der Waals surface area contributed by atoms with Gasteiger partial charge in [-0.1, -0.05) is 23.7 Å². The molecule has 0 aliphatic heterocycles. The molecule has 0 spiro atoms. The van der Waals surface area contributed by atoms with Gasteiger partial charge in [0.15, 0.2) is 11.5 Å². The first kappa shape index (κ1) is 16.2. The Kier molecular flexibility index (Phi) is 5.67. The third kappa shape index (κ3) is 4.40. The normalized spacial score (nSPS) is 10.1. The van der Waals surface area contributed by atoms with Gasteiger partial charge in [0.2, 0.25) is 5.91 Å². The van der Waals surface area contributed by atoms with Crippen molar-refractivity contribution < 1.29 is 14.3 Å². The summed E-state index contributed by atoms with van der Waals surface area (Å²) >= 11 is 5.83. The van der Waals surface area contributed by atoms with E-state index in [2.05, 4.69) is 5.32 Å². The van der Waals surface area contributed by atoms with Crippen LogP contribution in [0.2, 0.25) is 5.02 Å². The molecule has 0 saturated heterocycles. The van der Waals surface area contributed by atoms with Crippen LogP contribution >= 0.6 is 11.6 Å². The molecule has 0 heterocycles. The molecule has 5 heteroatoms. The third-order valence-corrected chi connectivity index (χ3v) is 3.28. The highest BCUT2D eigenvalue weighted by Gasteiger charge is 2.08. The minimum atomic E-state index is -0.103. The molecular weight excluding hydrogens is 302 g/mol. The van der Waals surface area contributed by atoms with Crippen molar-refractivity contribution in [2.75, 3.05) is 19.0 Å². The average molecular weight is 320 g/mol. The molecule has 4 nitrogen and oxygen atoms in total. The van der Waals surface area contributed by atoms with Crippen molar-refractivity contribution in [3.05, 3.63) is 53.1 Å². The zero-order valence-electron chi connectivity index (χ0n) is 12.6. The minimum absolute atomic E-state index is 0.103. The second kappa shape index (κ2) is 7.71.